The van der Waals surface area contributed by atoms with Gasteiger partial charge in [0.05, 0.1) is 11.7 Å². The highest BCUT2D eigenvalue weighted by molar-refractivity contribution is 5.84. The Bertz CT molecular complexity index is 1050. The number of benzene rings is 1. The molecular weight excluding hydrogens is 348 g/mol. The summed E-state index contributed by atoms with van der Waals surface area (Å²) >= 11 is 0. The molecule has 5 rings (SSSR count). The van der Waals surface area contributed by atoms with E-state index in [9.17, 15) is 4.79 Å². The highest BCUT2D eigenvalue weighted by atomic mass is 16.1. The zero-order chi connectivity index (χ0) is 19.1. The van der Waals surface area contributed by atoms with Crippen molar-refractivity contribution in [3.63, 3.8) is 0 Å². The minimum Gasteiger partial charge on any atom is -0.307 e. The Labute approximate surface area is 165 Å². The van der Waals surface area contributed by atoms with Crippen molar-refractivity contribution in [2.45, 2.75) is 51.0 Å². The quantitative estimate of drug-likeness (QED) is 0.758. The van der Waals surface area contributed by atoms with E-state index in [-0.39, 0.29) is 5.56 Å². The van der Waals surface area contributed by atoms with Crippen LogP contribution in [0.2, 0.25) is 0 Å². The van der Waals surface area contributed by atoms with Gasteiger partial charge in [-0.15, -0.1) is 0 Å². The number of rotatable bonds is 4. The topological polar surface area (TPSA) is 53.9 Å². The molecule has 0 radical (unpaired) electrons. The number of likely N-dealkylation sites (tertiary alicyclic amines) is 1. The molecule has 1 aliphatic heterocycles. The Morgan fingerprint density at radius 1 is 1.11 bits per heavy atom. The summed E-state index contributed by atoms with van der Waals surface area (Å²) in [5, 5.41) is 6.16. The van der Waals surface area contributed by atoms with Crippen LogP contribution in [-0.2, 0) is 26.3 Å². The van der Waals surface area contributed by atoms with E-state index in [1.165, 1.54) is 35.0 Å². The number of H-pyrrole nitrogens is 1. The van der Waals surface area contributed by atoms with E-state index in [1.807, 2.05) is 11.7 Å². The summed E-state index contributed by atoms with van der Waals surface area (Å²) in [5.74, 6) is 0. The SMILES string of the molecule is Cn1nc([C@H]2CCCN2CCc2ccccc2)c2c3c(c(=O)[nH]c21)CCCC3. The minimum absolute atomic E-state index is 0.0871. The first kappa shape index (κ1) is 17.7. The van der Waals surface area contributed by atoms with Gasteiger partial charge in [0.1, 0.15) is 5.65 Å². The largest absolute Gasteiger partial charge is 0.307 e. The van der Waals surface area contributed by atoms with Crippen molar-refractivity contribution in [3.05, 3.63) is 63.1 Å². The van der Waals surface area contributed by atoms with Gasteiger partial charge in [0.15, 0.2) is 0 Å². The lowest BCUT2D eigenvalue weighted by Gasteiger charge is -2.24. The molecule has 5 heteroatoms. The monoisotopic (exact) mass is 376 g/mol. The second-order valence-electron chi connectivity index (χ2n) is 8.28. The summed E-state index contributed by atoms with van der Waals surface area (Å²) in [5.41, 5.74) is 5.82. The maximum Gasteiger partial charge on any atom is 0.253 e. The normalized spacial score (nSPS) is 20.0. The molecule has 1 N–H and O–H groups in total. The number of nitrogens with one attached hydrogen (secondary N) is 1. The van der Waals surface area contributed by atoms with Crippen molar-refractivity contribution < 1.29 is 0 Å². The van der Waals surface area contributed by atoms with Gasteiger partial charge in [0.25, 0.3) is 5.56 Å². The molecule has 2 aliphatic rings. The highest BCUT2D eigenvalue weighted by Crippen LogP contribution is 2.37. The highest BCUT2D eigenvalue weighted by Gasteiger charge is 2.32. The maximum absolute atomic E-state index is 12.6. The van der Waals surface area contributed by atoms with Gasteiger partial charge in [0.2, 0.25) is 0 Å². The van der Waals surface area contributed by atoms with Crippen molar-refractivity contribution >= 4 is 11.0 Å². The molecule has 0 unspecified atom stereocenters. The first-order valence-electron chi connectivity index (χ1n) is 10.6. The number of fused-ring (bicyclic) bond motifs is 3. The van der Waals surface area contributed by atoms with Crippen LogP contribution >= 0.6 is 0 Å². The van der Waals surface area contributed by atoms with E-state index >= 15 is 0 Å². The Balaban J connectivity index is 1.52. The molecule has 2 aromatic heterocycles. The second kappa shape index (κ2) is 7.21. The van der Waals surface area contributed by atoms with Crippen LogP contribution in [0.3, 0.4) is 0 Å². The first-order chi connectivity index (χ1) is 13.7. The Morgan fingerprint density at radius 3 is 2.71 bits per heavy atom. The van der Waals surface area contributed by atoms with Gasteiger partial charge in [-0.2, -0.15) is 5.10 Å². The minimum atomic E-state index is 0.0871. The lowest BCUT2D eigenvalue weighted by molar-refractivity contribution is 0.256. The molecule has 0 spiro atoms. The molecule has 3 heterocycles. The molecule has 1 saturated heterocycles. The van der Waals surface area contributed by atoms with E-state index in [2.05, 4.69) is 40.2 Å². The molecule has 1 aromatic carbocycles. The average molecular weight is 377 g/mol. The average Bonchev–Trinajstić information content (AvgIpc) is 3.32. The molecule has 146 valence electrons. The molecule has 0 saturated carbocycles. The van der Waals surface area contributed by atoms with E-state index in [0.717, 1.165) is 56.4 Å². The smallest absolute Gasteiger partial charge is 0.253 e. The van der Waals surface area contributed by atoms with Crippen molar-refractivity contribution in [1.82, 2.24) is 19.7 Å². The van der Waals surface area contributed by atoms with Crippen molar-refractivity contribution in [1.29, 1.82) is 0 Å². The molecular formula is C23H28N4O. The molecule has 3 aromatic rings. The van der Waals surface area contributed by atoms with Gasteiger partial charge in [-0.25, -0.2) is 0 Å². The summed E-state index contributed by atoms with van der Waals surface area (Å²) in [6, 6.07) is 11.1. The van der Waals surface area contributed by atoms with Crippen molar-refractivity contribution in [2.75, 3.05) is 13.1 Å². The van der Waals surface area contributed by atoms with Crippen LogP contribution in [0.5, 0.6) is 0 Å². The van der Waals surface area contributed by atoms with Crippen molar-refractivity contribution in [3.8, 4) is 0 Å². The van der Waals surface area contributed by atoms with Gasteiger partial charge in [0, 0.05) is 24.5 Å². The number of aromatic amines is 1. The lowest BCUT2D eigenvalue weighted by atomic mass is 9.89. The molecule has 1 atom stereocenters. The Hall–Kier alpha value is -2.40. The Kier molecular flexibility index (Phi) is 4.55. The van der Waals surface area contributed by atoms with Gasteiger partial charge in [-0.3, -0.25) is 14.4 Å². The maximum atomic E-state index is 12.6. The van der Waals surface area contributed by atoms with E-state index < -0.39 is 0 Å². The van der Waals surface area contributed by atoms with Crippen LogP contribution in [0.25, 0.3) is 11.0 Å². The first-order valence-corrected chi connectivity index (χ1v) is 10.6. The molecule has 5 nitrogen and oxygen atoms in total. The summed E-state index contributed by atoms with van der Waals surface area (Å²) in [6.07, 6.45) is 7.61. The summed E-state index contributed by atoms with van der Waals surface area (Å²) in [6.45, 7) is 2.18. The summed E-state index contributed by atoms with van der Waals surface area (Å²) in [7, 11) is 1.96. The fourth-order valence-corrected chi connectivity index (χ4v) is 5.15. The molecule has 28 heavy (non-hydrogen) atoms. The van der Waals surface area contributed by atoms with Crippen LogP contribution in [-0.4, -0.2) is 32.8 Å². The number of nitrogens with zero attached hydrogens (tertiary/aromatic N) is 3. The number of aromatic nitrogens is 3. The van der Waals surface area contributed by atoms with Crippen LogP contribution in [0.1, 0.15) is 54.1 Å². The van der Waals surface area contributed by atoms with Gasteiger partial charge in [-0.05, 0) is 62.6 Å². The third-order valence-electron chi connectivity index (χ3n) is 6.56. The van der Waals surface area contributed by atoms with Gasteiger partial charge >= 0.3 is 0 Å². The third-order valence-corrected chi connectivity index (χ3v) is 6.56. The van der Waals surface area contributed by atoms with Gasteiger partial charge < -0.3 is 4.98 Å². The number of hydrogen-bond donors (Lipinski definition) is 1. The summed E-state index contributed by atoms with van der Waals surface area (Å²) in [4.78, 5) is 18.3. The number of aryl methyl sites for hydroxylation is 2. The molecule has 0 bridgehead atoms. The van der Waals surface area contributed by atoms with Crippen molar-refractivity contribution in [2.24, 2.45) is 7.05 Å². The van der Waals surface area contributed by atoms with E-state index in [4.69, 9.17) is 5.10 Å². The molecule has 1 aliphatic carbocycles. The predicted molar refractivity (Wildman–Crippen MR) is 112 cm³/mol. The van der Waals surface area contributed by atoms with Crippen LogP contribution < -0.4 is 5.56 Å². The number of pyridine rings is 1. The zero-order valence-electron chi connectivity index (χ0n) is 16.6. The predicted octanol–water partition coefficient (Wildman–Crippen LogP) is 3.52. The standard InChI is InChI=1S/C23H28N4O/c1-26-22-20(17-10-5-6-11-18(17)23(28)24-22)21(25-26)19-12-7-14-27(19)15-13-16-8-3-2-4-9-16/h2-4,8-9,19H,5-7,10-15H2,1H3,(H,24,28)/t19-/m1/s1. The van der Waals surface area contributed by atoms with Gasteiger partial charge in [-0.1, -0.05) is 30.3 Å². The van der Waals surface area contributed by atoms with Crippen LogP contribution in [0.15, 0.2) is 35.1 Å². The Morgan fingerprint density at radius 2 is 1.89 bits per heavy atom. The number of hydrogen-bond acceptors (Lipinski definition) is 3. The van der Waals surface area contributed by atoms with Crippen LogP contribution in [0, 0.1) is 0 Å². The van der Waals surface area contributed by atoms with E-state index in [1.54, 1.807) is 0 Å². The molecule has 1 fully saturated rings. The molecule has 0 amide bonds. The van der Waals surface area contributed by atoms with Crippen LogP contribution in [0.4, 0.5) is 0 Å². The van der Waals surface area contributed by atoms with E-state index in [0.29, 0.717) is 6.04 Å². The lowest BCUT2D eigenvalue weighted by Crippen LogP contribution is -2.26. The second-order valence-corrected chi connectivity index (χ2v) is 8.28. The fourth-order valence-electron chi connectivity index (χ4n) is 5.15. The summed E-state index contributed by atoms with van der Waals surface area (Å²) < 4.78 is 1.88. The fraction of sp³-hybridized carbons (Fsp3) is 0.478. The zero-order valence-corrected chi connectivity index (χ0v) is 16.6. The third kappa shape index (κ3) is 2.98.